The zero-order valence-corrected chi connectivity index (χ0v) is 21.6. The zero-order valence-electron chi connectivity index (χ0n) is 21.6. The molecule has 0 heterocycles. The summed E-state index contributed by atoms with van der Waals surface area (Å²) in [5, 5.41) is 0. The lowest BCUT2D eigenvalue weighted by Gasteiger charge is -2.50. The summed E-state index contributed by atoms with van der Waals surface area (Å²) in [4.78, 5) is 0. The molecular formula is C35H40. The van der Waals surface area contributed by atoms with Crippen molar-refractivity contribution in [3.8, 4) is 0 Å². The molecule has 2 fully saturated rings. The van der Waals surface area contributed by atoms with Gasteiger partial charge in [0.25, 0.3) is 0 Å². The Hall–Kier alpha value is -2.60. The van der Waals surface area contributed by atoms with Gasteiger partial charge in [0.1, 0.15) is 0 Å². The molecule has 0 aliphatic heterocycles. The van der Waals surface area contributed by atoms with Crippen LogP contribution in [0.4, 0.5) is 0 Å². The van der Waals surface area contributed by atoms with Crippen LogP contribution in [0.2, 0.25) is 0 Å². The average molecular weight is 461 g/mol. The quantitative estimate of drug-likeness (QED) is 0.427. The fourth-order valence-corrected chi connectivity index (χ4v) is 8.30. The summed E-state index contributed by atoms with van der Waals surface area (Å²) in [5.41, 5.74) is 4.78. The van der Waals surface area contributed by atoms with Gasteiger partial charge in [-0.05, 0) is 70.5 Å². The number of fused-ring (bicyclic) bond motifs is 3. The Kier molecular flexibility index (Phi) is 5.75. The van der Waals surface area contributed by atoms with Crippen molar-refractivity contribution in [2.45, 2.75) is 51.9 Å². The van der Waals surface area contributed by atoms with Crippen LogP contribution in [0.1, 0.15) is 57.6 Å². The summed E-state index contributed by atoms with van der Waals surface area (Å²) in [7, 11) is 0. The lowest BCUT2D eigenvalue weighted by Crippen LogP contribution is -2.47. The smallest absolute Gasteiger partial charge is 0.0270 e. The maximum Gasteiger partial charge on any atom is 0.0270 e. The van der Waals surface area contributed by atoms with Crippen molar-refractivity contribution in [1.82, 2.24) is 0 Å². The third-order valence-corrected chi connectivity index (χ3v) is 9.70. The first kappa shape index (κ1) is 22.8. The molecule has 5 unspecified atom stereocenters. The average Bonchev–Trinajstić information content (AvgIpc) is 3.53. The molecule has 4 aliphatic carbocycles. The standard InChI is InChI=1S/C35H40/c1-34(2,3)28-22-23-31-32(24-28)29-20-12-13-21-30(29)33(31)35(27-18-10-11-19-27,25-14-6-4-7-15-25)26-16-8-5-9-17-26/h4-9,12-17,20-24,27,29-33H,10-11,18-19H2,1-3H3. The van der Waals surface area contributed by atoms with Gasteiger partial charge in [0, 0.05) is 5.41 Å². The highest BCUT2D eigenvalue weighted by Crippen LogP contribution is 2.64. The predicted octanol–water partition coefficient (Wildman–Crippen LogP) is 8.93. The van der Waals surface area contributed by atoms with Crippen molar-refractivity contribution in [2.24, 2.45) is 40.9 Å². The van der Waals surface area contributed by atoms with Gasteiger partial charge in [0.15, 0.2) is 0 Å². The molecule has 5 atom stereocenters. The van der Waals surface area contributed by atoms with Gasteiger partial charge in [0.05, 0.1) is 0 Å². The molecule has 0 saturated heterocycles. The molecule has 0 aromatic heterocycles. The second-order valence-corrected chi connectivity index (χ2v) is 12.4. The molecule has 2 saturated carbocycles. The lowest BCUT2D eigenvalue weighted by atomic mass is 9.53. The van der Waals surface area contributed by atoms with Crippen LogP contribution in [0.5, 0.6) is 0 Å². The highest BCUT2D eigenvalue weighted by atomic mass is 14.6. The second kappa shape index (κ2) is 8.81. The molecule has 0 bridgehead atoms. The maximum absolute atomic E-state index is 2.67. The first-order valence-corrected chi connectivity index (χ1v) is 13.9. The molecule has 0 radical (unpaired) electrons. The molecule has 4 aliphatic rings. The van der Waals surface area contributed by atoms with Crippen molar-refractivity contribution in [3.63, 3.8) is 0 Å². The maximum atomic E-state index is 2.67. The van der Waals surface area contributed by atoms with Gasteiger partial charge in [-0.1, -0.05) is 137 Å². The highest BCUT2D eigenvalue weighted by molar-refractivity contribution is 5.47. The molecule has 180 valence electrons. The number of hydrogen-bond donors (Lipinski definition) is 0. The Balaban J connectivity index is 1.60. The van der Waals surface area contributed by atoms with Crippen LogP contribution in [0, 0.1) is 40.9 Å². The molecule has 2 aromatic rings. The molecule has 0 N–H and O–H groups in total. The summed E-state index contributed by atoms with van der Waals surface area (Å²) in [6, 6.07) is 23.3. The molecule has 2 aromatic carbocycles. The Morgan fingerprint density at radius 3 is 1.74 bits per heavy atom. The minimum absolute atomic E-state index is 0.0221. The third-order valence-electron chi connectivity index (χ3n) is 9.70. The summed E-state index contributed by atoms with van der Waals surface area (Å²) >= 11 is 0. The van der Waals surface area contributed by atoms with Crippen LogP contribution in [-0.4, -0.2) is 0 Å². The van der Waals surface area contributed by atoms with Gasteiger partial charge in [-0.15, -0.1) is 0 Å². The topological polar surface area (TPSA) is 0 Å². The second-order valence-electron chi connectivity index (χ2n) is 12.4. The minimum Gasteiger partial charge on any atom is -0.0805 e. The fraction of sp³-hybridized carbons (Fsp3) is 0.429. The molecular weight excluding hydrogens is 420 g/mol. The first-order valence-electron chi connectivity index (χ1n) is 13.9. The van der Waals surface area contributed by atoms with Crippen LogP contribution in [0.15, 0.2) is 109 Å². The Labute approximate surface area is 212 Å². The SMILES string of the molecule is CC(C)(C)C1=CC2C3C=CC=CC3C(C(c3ccccc3)(c3ccccc3)C3CCCC3)C2C=C1. The predicted molar refractivity (Wildman–Crippen MR) is 148 cm³/mol. The number of allylic oxidation sites excluding steroid dienone is 8. The Morgan fingerprint density at radius 1 is 0.629 bits per heavy atom. The van der Waals surface area contributed by atoms with E-state index in [2.05, 4.69) is 124 Å². The Morgan fingerprint density at radius 2 is 1.17 bits per heavy atom. The monoisotopic (exact) mass is 460 g/mol. The molecule has 6 rings (SSSR count). The van der Waals surface area contributed by atoms with Crippen LogP contribution >= 0.6 is 0 Å². The molecule has 0 nitrogen and oxygen atoms in total. The van der Waals surface area contributed by atoms with Crippen LogP contribution in [0.3, 0.4) is 0 Å². The van der Waals surface area contributed by atoms with E-state index in [1.165, 1.54) is 42.4 Å². The van der Waals surface area contributed by atoms with E-state index in [-0.39, 0.29) is 10.8 Å². The summed E-state index contributed by atoms with van der Waals surface area (Å²) in [6.07, 6.45) is 22.9. The van der Waals surface area contributed by atoms with Crippen LogP contribution < -0.4 is 0 Å². The van der Waals surface area contributed by atoms with Crippen molar-refractivity contribution in [1.29, 1.82) is 0 Å². The van der Waals surface area contributed by atoms with Crippen molar-refractivity contribution in [2.75, 3.05) is 0 Å². The van der Waals surface area contributed by atoms with E-state index in [4.69, 9.17) is 0 Å². The largest absolute Gasteiger partial charge is 0.0805 e. The van der Waals surface area contributed by atoms with Gasteiger partial charge >= 0.3 is 0 Å². The van der Waals surface area contributed by atoms with E-state index in [1.807, 2.05) is 0 Å². The summed E-state index contributed by atoms with van der Waals surface area (Å²) < 4.78 is 0. The number of benzene rings is 2. The van der Waals surface area contributed by atoms with Gasteiger partial charge in [-0.3, -0.25) is 0 Å². The van der Waals surface area contributed by atoms with E-state index in [0.29, 0.717) is 35.5 Å². The minimum atomic E-state index is 0.0221. The first-order chi connectivity index (χ1) is 17.0. The van der Waals surface area contributed by atoms with Crippen LogP contribution in [0.25, 0.3) is 0 Å². The van der Waals surface area contributed by atoms with E-state index in [1.54, 1.807) is 0 Å². The van der Waals surface area contributed by atoms with E-state index in [9.17, 15) is 0 Å². The van der Waals surface area contributed by atoms with Crippen LogP contribution in [-0.2, 0) is 5.41 Å². The van der Waals surface area contributed by atoms with Crippen molar-refractivity contribution >= 4 is 0 Å². The van der Waals surface area contributed by atoms with Gasteiger partial charge in [-0.25, -0.2) is 0 Å². The van der Waals surface area contributed by atoms with E-state index >= 15 is 0 Å². The third kappa shape index (κ3) is 3.64. The molecule has 0 spiro atoms. The normalized spacial score (nSPS) is 30.3. The lowest BCUT2D eigenvalue weighted by molar-refractivity contribution is 0.158. The number of rotatable bonds is 4. The fourth-order valence-electron chi connectivity index (χ4n) is 8.30. The highest BCUT2D eigenvalue weighted by Gasteiger charge is 2.60. The van der Waals surface area contributed by atoms with E-state index in [0.717, 1.165) is 0 Å². The van der Waals surface area contributed by atoms with Gasteiger partial charge in [-0.2, -0.15) is 0 Å². The summed E-state index contributed by atoms with van der Waals surface area (Å²) in [5.74, 6) is 3.46. The van der Waals surface area contributed by atoms with Gasteiger partial charge < -0.3 is 0 Å². The number of hydrogen-bond acceptors (Lipinski definition) is 0. The molecule has 0 heteroatoms. The Bertz CT molecular complexity index is 1110. The van der Waals surface area contributed by atoms with Crippen molar-refractivity contribution < 1.29 is 0 Å². The molecule has 35 heavy (non-hydrogen) atoms. The van der Waals surface area contributed by atoms with Crippen molar-refractivity contribution in [3.05, 3.63) is 120 Å². The van der Waals surface area contributed by atoms with Gasteiger partial charge in [0.2, 0.25) is 0 Å². The zero-order chi connectivity index (χ0) is 24.0. The summed E-state index contributed by atoms with van der Waals surface area (Å²) in [6.45, 7) is 7.09. The van der Waals surface area contributed by atoms with E-state index < -0.39 is 0 Å². The molecule has 0 amide bonds.